The van der Waals surface area contributed by atoms with Crippen molar-refractivity contribution < 1.29 is 28.6 Å². The molecule has 4 rings (SSSR count). The van der Waals surface area contributed by atoms with E-state index in [4.69, 9.17) is 19.0 Å². The molecule has 9 heteroatoms. The fourth-order valence-corrected chi connectivity index (χ4v) is 5.49. The standard InChI is InChI=1S/C31H41N3O6/c1-8-39-23-13-15-33(26(18-23)21-9-11-22(12-10-21)29(35)32-38-7)19-25-24-14-16-34(30(36)40-31(3,4)5)28(24)20(2)17-27(25)37-6/h9-12,14,16-17,23,26H,8,13,15,18-19H2,1-7H3,(H,32,35)/t23-,26-/m0/s1. The number of benzene rings is 2. The van der Waals surface area contributed by atoms with E-state index < -0.39 is 11.7 Å². The maximum absolute atomic E-state index is 13.0. The van der Waals surface area contributed by atoms with E-state index in [-0.39, 0.29) is 18.1 Å². The van der Waals surface area contributed by atoms with Crippen LogP contribution in [-0.2, 0) is 20.9 Å². The highest BCUT2D eigenvalue weighted by atomic mass is 16.6. The zero-order valence-corrected chi connectivity index (χ0v) is 24.6. The predicted molar refractivity (Wildman–Crippen MR) is 154 cm³/mol. The number of rotatable bonds is 8. The summed E-state index contributed by atoms with van der Waals surface area (Å²) in [6.07, 6.45) is 3.26. The first-order valence-corrected chi connectivity index (χ1v) is 13.8. The van der Waals surface area contributed by atoms with Crippen molar-refractivity contribution in [3.63, 3.8) is 0 Å². The Bertz CT molecular complexity index is 1340. The normalized spacial score (nSPS) is 18.1. The number of methoxy groups -OCH3 is 1. The van der Waals surface area contributed by atoms with Crippen LogP contribution >= 0.6 is 0 Å². The summed E-state index contributed by atoms with van der Waals surface area (Å²) >= 11 is 0. The fraction of sp³-hybridized carbons (Fsp3) is 0.484. The molecule has 216 valence electrons. The molecule has 2 atom stereocenters. The van der Waals surface area contributed by atoms with E-state index in [1.807, 2.05) is 71.0 Å². The van der Waals surface area contributed by atoms with Gasteiger partial charge in [-0.25, -0.2) is 10.3 Å². The molecular weight excluding hydrogens is 510 g/mol. The van der Waals surface area contributed by atoms with Crippen LogP contribution in [0.1, 0.15) is 73.6 Å². The lowest BCUT2D eigenvalue weighted by molar-refractivity contribution is -0.0138. The Balaban J connectivity index is 1.71. The first kappa shape index (κ1) is 29.6. The topological polar surface area (TPSA) is 91.3 Å². The number of aryl methyl sites for hydroxylation is 1. The molecule has 1 aliphatic heterocycles. The van der Waals surface area contributed by atoms with Gasteiger partial charge in [-0.1, -0.05) is 12.1 Å². The number of fused-ring (bicyclic) bond motifs is 1. The Morgan fingerprint density at radius 1 is 1.10 bits per heavy atom. The summed E-state index contributed by atoms with van der Waals surface area (Å²) in [5.41, 5.74) is 6.16. The average Bonchev–Trinajstić information content (AvgIpc) is 3.37. The van der Waals surface area contributed by atoms with Gasteiger partial charge in [0.2, 0.25) is 0 Å². The van der Waals surface area contributed by atoms with E-state index >= 15 is 0 Å². The van der Waals surface area contributed by atoms with Gasteiger partial charge in [-0.15, -0.1) is 0 Å². The molecule has 1 aromatic heterocycles. The molecule has 1 saturated heterocycles. The highest BCUT2D eigenvalue weighted by Gasteiger charge is 2.32. The third-order valence-electron chi connectivity index (χ3n) is 7.22. The molecule has 0 spiro atoms. The zero-order valence-electron chi connectivity index (χ0n) is 24.6. The fourth-order valence-electron chi connectivity index (χ4n) is 5.49. The average molecular weight is 552 g/mol. The van der Waals surface area contributed by atoms with Crippen molar-refractivity contribution in [1.82, 2.24) is 14.9 Å². The molecule has 1 aliphatic rings. The lowest BCUT2D eigenvalue weighted by Gasteiger charge is -2.40. The number of amides is 1. The van der Waals surface area contributed by atoms with Crippen molar-refractivity contribution in [1.29, 1.82) is 0 Å². The molecular formula is C31H41N3O6. The lowest BCUT2D eigenvalue weighted by Crippen LogP contribution is -2.39. The van der Waals surface area contributed by atoms with E-state index in [1.165, 1.54) is 7.11 Å². The number of aromatic nitrogens is 1. The molecule has 0 saturated carbocycles. The van der Waals surface area contributed by atoms with Crippen molar-refractivity contribution in [2.75, 3.05) is 27.4 Å². The number of nitrogens with one attached hydrogen (secondary N) is 1. The summed E-state index contributed by atoms with van der Waals surface area (Å²) in [6.45, 7) is 11.7. The summed E-state index contributed by atoms with van der Waals surface area (Å²) in [5.74, 6) is 0.493. The second-order valence-corrected chi connectivity index (χ2v) is 11.1. The van der Waals surface area contributed by atoms with Gasteiger partial charge in [-0.3, -0.25) is 19.1 Å². The van der Waals surface area contributed by atoms with Crippen LogP contribution in [0.25, 0.3) is 10.9 Å². The number of ether oxygens (including phenoxy) is 3. The van der Waals surface area contributed by atoms with Crippen LogP contribution in [0.15, 0.2) is 42.6 Å². The van der Waals surface area contributed by atoms with Gasteiger partial charge in [0, 0.05) is 48.4 Å². The number of likely N-dealkylation sites (tertiary alicyclic amines) is 1. The quantitative estimate of drug-likeness (QED) is 0.355. The molecule has 9 nitrogen and oxygen atoms in total. The molecule has 0 aliphatic carbocycles. The molecule has 1 N–H and O–H groups in total. The second kappa shape index (κ2) is 12.4. The maximum Gasteiger partial charge on any atom is 0.419 e. The Morgan fingerprint density at radius 2 is 1.82 bits per heavy atom. The van der Waals surface area contributed by atoms with Crippen LogP contribution in [0.4, 0.5) is 4.79 Å². The lowest BCUT2D eigenvalue weighted by atomic mass is 9.91. The third kappa shape index (κ3) is 6.49. The minimum Gasteiger partial charge on any atom is -0.496 e. The number of nitrogens with zero attached hydrogens (tertiary/aromatic N) is 2. The summed E-state index contributed by atoms with van der Waals surface area (Å²) in [4.78, 5) is 32.4. The second-order valence-electron chi connectivity index (χ2n) is 11.1. The van der Waals surface area contributed by atoms with Crippen LogP contribution in [0.3, 0.4) is 0 Å². The van der Waals surface area contributed by atoms with Crippen molar-refractivity contribution in [2.24, 2.45) is 0 Å². The monoisotopic (exact) mass is 551 g/mol. The van der Waals surface area contributed by atoms with Gasteiger partial charge in [-0.05, 0) is 82.9 Å². The number of hydroxylamine groups is 1. The number of hydrogen-bond donors (Lipinski definition) is 1. The summed E-state index contributed by atoms with van der Waals surface area (Å²) in [5, 5.41) is 0.958. The van der Waals surface area contributed by atoms with Crippen molar-refractivity contribution in [3.8, 4) is 5.75 Å². The number of hydrogen-bond acceptors (Lipinski definition) is 7. The van der Waals surface area contributed by atoms with E-state index in [0.717, 1.165) is 52.7 Å². The molecule has 0 unspecified atom stereocenters. The Morgan fingerprint density at radius 3 is 2.45 bits per heavy atom. The SMILES string of the molecule is CCO[C@H]1CCN(Cc2c(OC)cc(C)c3c2ccn3C(=O)OC(C)(C)C)[C@H](c2ccc(C(=O)NOC)cc2)C1. The van der Waals surface area contributed by atoms with Crippen molar-refractivity contribution in [2.45, 2.75) is 71.8 Å². The van der Waals surface area contributed by atoms with Crippen molar-refractivity contribution in [3.05, 3.63) is 64.8 Å². The zero-order chi connectivity index (χ0) is 29.0. The Labute approximate surface area is 236 Å². The van der Waals surface area contributed by atoms with Crippen LogP contribution in [0, 0.1) is 6.92 Å². The summed E-state index contributed by atoms with van der Waals surface area (Å²) in [6, 6.07) is 11.7. The van der Waals surface area contributed by atoms with Gasteiger partial charge in [0.1, 0.15) is 11.4 Å². The highest BCUT2D eigenvalue weighted by Crippen LogP contribution is 2.38. The minimum atomic E-state index is -0.602. The molecule has 3 aromatic rings. The molecule has 2 aromatic carbocycles. The van der Waals surface area contributed by atoms with Crippen LogP contribution in [-0.4, -0.2) is 60.5 Å². The summed E-state index contributed by atoms with van der Waals surface area (Å²) < 4.78 is 19.2. The van der Waals surface area contributed by atoms with Crippen LogP contribution in [0.5, 0.6) is 5.75 Å². The maximum atomic E-state index is 13.0. The largest absolute Gasteiger partial charge is 0.496 e. The molecule has 2 heterocycles. The Hall–Kier alpha value is -3.40. The Kier molecular flexibility index (Phi) is 9.18. The predicted octanol–water partition coefficient (Wildman–Crippen LogP) is 5.77. The van der Waals surface area contributed by atoms with E-state index in [9.17, 15) is 9.59 Å². The van der Waals surface area contributed by atoms with Crippen molar-refractivity contribution >= 4 is 22.9 Å². The van der Waals surface area contributed by atoms with Crippen LogP contribution < -0.4 is 10.2 Å². The number of carbonyl (C=O) groups excluding carboxylic acids is 2. The van der Waals surface area contributed by atoms with Gasteiger partial charge < -0.3 is 14.2 Å². The minimum absolute atomic E-state index is 0.0684. The van der Waals surface area contributed by atoms with E-state index in [1.54, 1.807) is 17.9 Å². The van der Waals surface area contributed by atoms with Gasteiger partial charge in [0.05, 0.1) is 25.8 Å². The van der Waals surface area contributed by atoms with Gasteiger partial charge >= 0.3 is 6.09 Å². The highest BCUT2D eigenvalue weighted by molar-refractivity contribution is 5.95. The van der Waals surface area contributed by atoms with Gasteiger partial charge in [0.15, 0.2) is 0 Å². The first-order chi connectivity index (χ1) is 19.1. The molecule has 1 fully saturated rings. The third-order valence-corrected chi connectivity index (χ3v) is 7.22. The molecule has 40 heavy (non-hydrogen) atoms. The molecule has 1 amide bonds. The number of piperidine rings is 1. The van der Waals surface area contributed by atoms with Gasteiger partial charge in [0.25, 0.3) is 5.91 Å². The molecule has 0 bridgehead atoms. The smallest absolute Gasteiger partial charge is 0.419 e. The van der Waals surface area contributed by atoms with E-state index in [0.29, 0.717) is 18.7 Å². The van der Waals surface area contributed by atoms with Crippen LogP contribution in [0.2, 0.25) is 0 Å². The summed E-state index contributed by atoms with van der Waals surface area (Å²) in [7, 11) is 3.09. The van der Waals surface area contributed by atoms with Gasteiger partial charge in [-0.2, -0.15) is 0 Å². The molecule has 0 radical (unpaired) electrons. The number of carbonyl (C=O) groups is 2. The first-order valence-electron chi connectivity index (χ1n) is 13.8. The van der Waals surface area contributed by atoms with E-state index in [2.05, 4.69) is 10.4 Å².